The summed E-state index contributed by atoms with van der Waals surface area (Å²) in [6.07, 6.45) is 4.43. The molecule has 2 aliphatic heterocycles. The molecule has 0 spiro atoms. The van der Waals surface area contributed by atoms with Crippen LogP contribution in [0, 0.1) is 5.92 Å². The first kappa shape index (κ1) is 23.6. The van der Waals surface area contributed by atoms with Crippen LogP contribution in [0.2, 0.25) is 0 Å². The van der Waals surface area contributed by atoms with Gasteiger partial charge in [0.25, 0.3) is 5.91 Å². The smallest absolute Gasteiger partial charge is 0.267 e. The minimum atomic E-state index is -0.312. The van der Waals surface area contributed by atoms with Gasteiger partial charge in [-0.1, -0.05) is 30.3 Å². The predicted octanol–water partition coefficient (Wildman–Crippen LogP) is 3.51. The summed E-state index contributed by atoms with van der Waals surface area (Å²) in [5.41, 5.74) is 10.1. The maximum atomic E-state index is 13.6. The molecule has 0 bridgehead atoms. The molecule has 2 heterocycles. The van der Waals surface area contributed by atoms with Crippen molar-refractivity contribution in [3.05, 3.63) is 59.7 Å². The van der Waals surface area contributed by atoms with Crippen LogP contribution in [0.1, 0.15) is 43.7 Å². The fraction of sp³-hybridized carbons (Fsp3) is 0.429. The number of benzene rings is 2. The summed E-state index contributed by atoms with van der Waals surface area (Å²) in [5, 5.41) is 3.74. The summed E-state index contributed by atoms with van der Waals surface area (Å²) in [7, 11) is 0. The Bertz CT molecular complexity index is 1120. The lowest BCUT2D eigenvalue weighted by atomic mass is 9.85. The van der Waals surface area contributed by atoms with Gasteiger partial charge in [-0.3, -0.25) is 14.5 Å². The summed E-state index contributed by atoms with van der Waals surface area (Å²) in [6.45, 7) is 6.29. The van der Waals surface area contributed by atoms with Crippen molar-refractivity contribution in [2.45, 2.75) is 38.6 Å². The van der Waals surface area contributed by atoms with Gasteiger partial charge in [0.05, 0.1) is 30.2 Å². The standard InChI is InChI=1S/C28H34N4O3/c1-19(33)32-25-17-22(29)9-12-24(25)26(28(32)34)27(21-5-3-2-4-6-21)30-23-10-7-20(8-11-23)18-31-13-15-35-16-14-31/h2-6,9,12,17,20,23,30H,7-8,10-11,13-16,18,29H2,1H3/b27-26-/t20-,23-. The Morgan fingerprint density at radius 3 is 2.46 bits per heavy atom. The molecule has 0 atom stereocenters. The number of nitrogens with one attached hydrogen (secondary N) is 1. The molecular formula is C28H34N4O3. The Kier molecular flexibility index (Phi) is 6.88. The number of carbonyl (C=O) groups is 2. The van der Waals surface area contributed by atoms with Crippen molar-refractivity contribution in [3.8, 4) is 0 Å². The van der Waals surface area contributed by atoms with Crippen molar-refractivity contribution >= 4 is 34.5 Å². The third kappa shape index (κ3) is 4.97. The van der Waals surface area contributed by atoms with Crippen LogP contribution in [0.4, 0.5) is 11.4 Å². The normalized spacial score (nSPS) is 24.3. The van der Waals surface area contributed by atoms with Crippen LogP contribution in [-0.4, -0.2) is 55.6 Å². The van der Waals surface area contributed by atoms with Crippen LogP contribution in [0.3, 0.4) is 0 Å². The zero-order valence-electron chi connectivity index (χ0n) is 20.3. The topological polar surface area (TPSA) is 87.9 Å². The number of rotatable bonds is 5. The monoisotopic (exact) mass is 474 g/mol. The fourth-order valence-electron chi connectivity index (χ4n) is 5.58. The van der Waals surface area contributed by atoms with Crippen LogP contribution in [0.5, 0.6) is 0 Å². The van der Waals surface area contributed by atoms with Crippen molar-refractivity contribution in [1.29, 1.82) is 0 Å². The van der Waals surface area contributed by atoms with E-state index in [4.69, 9.17) is 10.5 Å². The molecule has 5 rings (SSSR count). The van der Waals surface area contributed by atoms with Gasteiger partial charge in [0.2, 0.25) is 5.91 Å². The highest BCUT2D eigenvalue weighted by Crippen LogP contribution is 2.42. The van der Waals surface area contributed by atoms with Crippen molar-refractivity contribution < 1.29 is 14.3 Å². The van der Waals surface area contributed by atoms with Gasteiger partial charge in [-0.2, -0.15) is 0 Å². The maximum Gasteiger partial charge on any atom is 0.267 e. The van der Waals surface area contributed by atoms with Crippen molar-refractivity contribution in [2.75, 3.05) is 43.5 Å². The summed E-state index contributed by atoms with van der Waals surface area (Å²) < 4.78 is 5.49. The van der Waals surface area contributed by atoms with Crippen molar-refractivity contribution in [1.82, 2.24) is 10.2 Å². The number of morpholine rings is 1. The van der Waals surface area contributed by atoms with Crippen LogP contribution in [0.25, 0.3) is 11.3 Å². The lowest BCUT2D eigenvalue weighted by Crippen LogP contribution is -2.41. The van der Waals surface area contributed by atoms with Crippen molar-refractivity contribution in [3.63, 3.8) is 0 Å². The molecule has 0 aromatic heterocycles. The molecule has 0 radical (unpaired) electrons. The molecule has 2 aromatic carbocycles. The number of imide groups is 1. The largest absolute Gasteiger partial charge is 0.399 e. The van der Waals surface area contributed by atoms with Crippen LogP contribution in [0.15, 0.2) is 48.5 Å². The summed E-state index contributed by atoms with van der Waals surface area (Å²) in [4.78, 5) is 29.8. The molecule has 7 nitrogen and oxygen atoms in total. The molecule has 2 amide bonds. The lowest BCUT2D eigenvalue weighted by Gasteiger charge is -2.35. The second-order valence-corrected chi connectivity index (χ2v) is 9.83. The summed E-state index contributed by atoms with van der Waals surface area (Å²) in [6, 6.07) is 15.6. The molecule has 1 saturated carbocycles. The van der Waals surface area contributed by atoms with E-state index in [1.807, 2.05) is 36.4 Å². The van der Waals surface area contributed by atoms with E-state index in [0.29, 0.717) is 22.9 Å². The van der Waals surface area contributed by atoms with E-state index >= 15 is 0 Å². The van der Waals surface area contributed by atoms with Gasteiger partial charge >= 0.3 is 0 Å². The first-order chi connectivity index (χ1) is 17.0. The second-order valence-electron chi connectivity index (χ2n) is 9.83. The highest BCUT2D eigenvalue weighted by Gasteiger charge is 2.38. The first-order valence-electron chi connectivity index (χ1n) is 12.6. The van der Waals surface area contributed by atoms with E-state index in [9.17, 15) is 9.59 Å². The molecule has 1 aliphatic carbocycles. The Labute approximate surface area is 206 Å². The van der Waals surface area contributed by atoms with Gasteiger partial charge in [-0.15, -0.1) is 0 Å². The average molecular weight is 475 g/mol. The number of carbonyl (C=O) groups excluding carboxylic acids is 2. The zero-order chi connectivity index (χ0) is 24.4. The van der Waals surface area contributed by atoms with E-state index in [0.717, 1.165) is 75.4 Å². The molecule has 7 heteroatoms. The lowest BCUT2D eigenvalue weighted by molar-refractivity contribution is -0.122. The van der Waals surface area contributed by atoms with Gasteiger partial charge in [0, 0.05) is 43.9 Å². The molecular weight excluding hydrogens is 440 g/mol. The predicted molar refractivity (Wildman–Crippen MR) is 138 cm³/mol. The Hall–Kier alpha value is -3.16. The molecule has 184 valence electrons. The number of nitrogens with zero attached hydrogens (tertiary/aromatic N) is 2. The number of hydrogen-bond donors (Lipinski definition) is 2. The number of nitrogen functional groups attached to an aromatic ring is 1. The number of nitrogens with two attached hydrogens (primary N) is 1. The van der Waals surface area contributed by atoms with Gasteiger partial charge < -0.3 is 15.8 Å². The average Bonchev–Trinajstić information content (AvgIpc) is 3.15. The van der Waals surface area contributed by atoms with Crippen LogP contribution < -0.4 is 16.0 Å². The highest BCUT2D eigenvalue weighted by atomic mass is 16.5. The molecule has 3 aliphatic rings. The number of anilines is 2. The Morgan fingerprint density at radius 2 is 1.77 bits per heavy atom. The highest BCUT2D eigenvalue weighted by molar-refractivity contribution is 6.43. The van der Waals surface area contributed by atoms with Gasteiger partial charge in [-0.25, -0.2) is 4.90 Å². The molecule has 3 N–H and O–H groups in total. The van der Waals surface area contributed by atoms with Gasteiger partial charge in [0.15, 0.2) is 0 Å². The Balaban J connectivity index is 1.42. The van der Waals surface area contributed by atoms with E-state index in [1.54, 1.807) is 12.1 Å². The minimum Gasteiger partial charge on any atom is -0.399 e. The van der Waals surface area contributed by atoms with Crippen LogP contribution >= 0.6 is 0 Å². The Morgan fingerprint density at radius 1 is 1.06 bits per heavy atom. The van der Waals surface area contributed by atoms with E-state index in [2.05, 4.69) is 10.2 Å². The van der Waals surface area contributed by atoms with E-state index in [1.165, 1.54) is 11.8 Å². The summed E-state index contributed by atoms with van der Waals surface area (Å²) >= 11 is 0. The van der Waals surface area contributed by atoms with E-state index < -0.39 is 0 Å². The third-order valence-electron chi connectivity index (χ3n) is 7.39. The number of fused-ring (bicyclic) bond motifs is 1. The molecule has 35 heavy (non-hydrogen) atoms. The molecule has 2 fully saturated rings. The maximum absolute atomic E-state index is 13.6. The quantitative estimate of drug-likeness (QED) is 0.509. The zero-order valence-corrected chi connectivity index (χ0v) is 20.3. The fourth-order valence-corrected chi connectivity index (χ4v) is 5.58. The molecule has 2 aromatic rings. The van der Waals surface area contributed by atoms with Gasteiger partial charge in [0.1, 0.15) is 0 Å². The SMILES string of the molecule is CC(=O)N1C(=O)/C(=C(\N[C@H]2CC[C@H](CN3CCOCC3)CC2)c2ccccc2)c2ccc(N)cc21. The van der Waals surface area contributed by atoms with E-state index in [-0.39, 0.29) is 17.9 Å². The second kappa shape index (κ2) is 10.2. The van der Waals surface area contributed by atoms with Crippen molar-refractivity contribution in [2.24, 2.45) is 5.92 Å². The number of amides is 2. The summed E-state index contributed by atoms with van der Waals surface area (Å²) in [5.74, 6) is 0.0855. The van der Waals surface area contributed by atoms with Gasteiger partial charge in [-0.05, 0) is 55.4 Å². The minimum absolute atomic E-state index is 0.273. The molecule has 0 unspecified atom stereocenters. The molecule has 1 saturated heterocycles. The first-order valence-corrected chi connectivity index (χ1v) is 12.6. The number of ether oxygens (including phenoxy) is 1. The van der Waals surface area contributed by atoms with Crippen LogP contribution in [-0.2, 0) is 14.3 Å². The third-order valence-corrected chi connectivity index (χ3v) is 7.39. The number of hydrogen-bond acceptors (Lipinski definition) is 6.